The van der Waals surface area contributed by atoms with E-state index in [4.69, 9.17) is 9.47 Å². The molecule has 188 valence electrons. The van der Waals surface area contributed by atoms with E-state index in [9.17, 15) is 5.11 Å². The highest BCUT2D eigenvalue weighted by atomic mass is 16.7. The summed E-state index contributed by atoms with van der Waals surface area (Å²) < 4.78 is 12.3. The molecule has 1 spiro atoms. The third kappa shape index (κ3) is 3.86. The van der Waals surface area contributed by atoms with Crippen LogP contribution in [0, 0.1) is 40.9 Å². The van der Waals surface area contributed by atoms with Crippen LogP contribution in [0.25, 0.3) is 0 Å². The van der Waals surface area contributed by atoms with Crippen molar-refractivity contribution in [2.75, 3.05) is 38.8 Å². The predicted molar refractivity (Wildman–Crippen MR) is 139 cm³/mol. The van der Waals surface area contributed by atoms with Crippen molar-refractivity contribution in [2.24, 2.45) is 29.1 Å². The first-order chi connectivity index (χ1) is 16.9. The standard InChI is InChI=1S/C31H41NO3/c1-30-20-27(21-6-10-24(11-7-21)32(2)3)29-25-14-15-31(34-17-18-35-31)19-22(25)8-12-26(29)28(30)13-9-23(30)5-4-16-33/h6-7,10-11,22-23,26-28,33H,8-9,12-20H2,1-3H3/t22?,23?,26?,27?,28?,30-/m0/s1. The lowest BCUT2D eigenvalue weighted by atomic mass is 9.51. The van der Waals surface area contributed by atoms with E-state index < -0.39 is 0 Å². The van der Waals surface area contributed by atoms with Crippen molar-refractivity contribution in [3.05, 3.63) is 41.0 Å². The van der Waals surface area contributed by atoms with Gasteiger partial charge in [0.2, 0.25) is 0 Å². The Hall–Kier alpha value is -1.80. The van der Waals surface area contributed by atoms with Gasteiger partial charge in [0.15, 0.2) is 5.79 Å². The number of allylic oxidation sites excluding steroid dienone is 2. The minimum atomic E-state index is -0.314. The van der Waals surface area contributed by atoms with Crippen LogP contribution in [0.3, 0.4) is 0 Å². The first-order valence-corrected chi connectivity index (χ1v) is 13.8. The number of aliphatic hydroxyl groups excluding tert-OH is 1. The molecule has 0 radical (unpaired) electrons. The molecule has 1 heterocycles. The average Bonchev–Trinajstić information content (AvgIpc) is 3.45. The number of nitrogens with zero attached hydrogens (tertiary/aromatic N) is 1. The Morgan fingerprint density at radius 3 is 2.51 bits per heavy atom. The van der Waals surface area contributed by atoms with E-state index in [1.165, 1.54) is 43.4 Å². The highest BCUT2D eigenvalue weighted by molar-refractivity contribution is 5.49. The third-order valence-corrected chi connectivity index (χ3v) is 10.3. The maximum absolute atomic E-state index is 9.41. The van der Waals surface area contributed by atoms with Crippen LogP contribution >= 0.6 is 0 Å². The Kier molecular flexibility index (Phi) is 6.03. The van der Waals surface area contributed by atoms with Crippen LogP contribution in [0.5, 0.6) is 0 Å². The predicted octanol–water partition coefficient (Wildman–Crippen LogP) is 5.52. The van der Waals surface area contributed by atoms with Crippen LogP contribution in [0.1, 0.15) is 69.8 Å². The number of fused-ring (bicyclic) bond motifs is 4. The second-order valence-electron chi connectivity index (χ2n) is 12.1. The fraction of sp³-hybridized carbons (Fsp3) is 0.677. The maximum Gasteiger partial charge on any atom is 0.169 e. The summed E-state index contributed by atoms with van der Waals surface area (Å²) in [5.41, 5.74) is 6.47. The van der Waals surface area contributed by atoms with Gasteiger partial charge in [0.1, 0.15) is 6.61 Å². The normalized spacial score (nSPS) is 37.3. The molecule has 1 N–H and O–H groups in total. The molecule has 4 fully saturated rings. The molecule has 5 unspecified atom stereocenters. The zero-order valence-corrected chi connectivity index (χ0v) is 21.7. The average molecular weight is 476 g/mol. The molecule has 6 atom stereocenters. The van der Waals surface area contributed by atoms with E-state index in [2.05, 4.69) is 62.0 Å². The largest absolute Gasteiger partial charge is 0.384 e. The molecule has 0 aromatic heterocycles. The van der Waals surface area contributed by atoms with Gasteiger partial charge in [-0.15, -0.1) is 0 Å². The van der Waals surface area contributed by atoms with Crippen molar-refractivity contribution in [2.45, 2.75) is 70.0 Å². The van der Waals surface area contributed by atoms with Gasteiger partial charge in [0.25, 0.3) is 0 Å². The summed E-state index contributed by atoms with van der Waals surface area (Å²) in [5, 5.41) is 9.41. The van der Waals surface area contributed by atoms with Crippen LogP contribution in [0.2, 0.25) is 0 Å². The van der Waals surface area contributed by atoms with Gasteiger partial charge in [-0.2, -0.15) is 0 Å². The molecule has 1 aromatic rings. The number of aliphatic hydroxyl groups is 1. The molecule has 5 aliphatic rings. The second-order valence-corrected chi connectivity index (χ2v) is 12.1. The highest BCUT2D eigenvalue weighted by Crippen LogP contribution is 2.66. The molecular formula is C31H41NO3. The smallest absolute Gasteiger partial charge is 0.169 e. The van der Waals surface area contributed by atoms with Gasteiger partial charge in [0.05, 0.1) is 13.2 Å². The van der Waals surface area contributed by atoms with E-state index in [-0.39, 0.29) is 17.8 Å². The van der Waals surface area contributed by atoms with Crippen molar-refractivity contribution in [3.63, 3.8) is 0 Å². The lowest BCUT2D eigenvalue weighted by molar-refractivity contribution is -0.181. The molecule has 4 aliphatic carbocycles. The van der Waals surface area contributed by atoms with E-state index in [0.717, 1.165) is 32.5 Å². The van der Waals surface area contributed by atoms with Crippen molar-refractivity contribution in [3.8, 4) is 11.8 Å². The lowest BCUT2D eigenvalue weighted by Crippen LogP contribution is -2.46. The summed E-state index contributed by atoms with van der Waals surface area (Å²) in [5.74, 6) is 9.04. The van der Waals surface area contributed by atoms with Gasteiger partial charge >= 0.3 is 0 Å². The van der Waals surface area contributed by atoms with E-state index >= 15 is 0 Å². The summed E-state index contributed by atoms with van der Waals surface area (Å²) in [4.78, 5) is 2.18. The summed E-state index contributed by atoms with van der Waals surface area (Å²) in [6.07, 6.45) is 9.34. The Bertz CT molecular complexity index is 1040. The first-order valence-electron chi connectivity index (χ1n) is 13.8. The third-order valence-electron chi connectivity index (χ3n) is 10.3. The Morgan fingerprint density at radius 1 is 1.03 bits per heavy atom. The second kappa shape index (κ2) is 8.94. The SMILES string of the molecule is CN(C)c1ccc(C2C[C@@]3(C)C(C#CCO)CCC3C3CCC4CC5(CCC4=C23)OCCO5)cc1. The van der Waals surface area contributed by atoms with Crippen molar-refractivity contribution >= 4 is 5.69 Å². The number of hydrogen-bond donors (Lipinski definition) is 1. The van der Waals surface area contributed by atoms with E-state index in [1.807, 2.05) is 0 Å². The van der Waals surface area contributed by atoms with E-state index in [1.54, 1.807) is 11.1 Å². The minimum absolute atomic E-state index is 0.0288. The number of benzene rings is 1. The van der Waals surface area contributed by atoms with Crippen molar-refractivity contribution in [1.29, 1.82) is 0 Å². The molecule has 4 nitrogen and oxygen atoms in total. The monoisotopic (exact) mass is 475 g/mol. The zero-order valence-electron chi connectivity index (χ0n) is 21.7. The summed E-state index contributed by atoms with van der Waals surface area (Å²) in [7, 11) is 4.23. The molecule has 0 amide bonds. The molecule has 35 heavy (non-hydrogen) atoms. The van der Waals surface area contributed by atoms with Gasteiger partial charge in [-0.25, -0.2) is 0 Å². The fourth-order valence-corrected chi connectivity index (χ4v) is 8.70. The van der Waals surface area contributed by atoms with Gasteiger partial charge in [0, 0.05) is 44.5 Å². The van der Waals surface area contributed by atoms with Gasteiger partial charge in [-0.05, 0) is 79.4 Å². The topological polar surface area (TPSA) is 41.9 Å². The zero-order chi connectivity index (χ0) is 24.2. The van der Waals surface area contributed by atoms with Gasteiger partial charge in [-0.1, -0.05) is 42.0 Å². The quantitative estimate of drug-likeness (QED) is 0.452. The molecule has 4 heteroatoms. The summed E-state index contributed by atoms with van der Waals surface area (Å²) in [6, 6.07) is 9.35. The van der Waals surface area contributed by atoms with Gasteiger partial charge < -0.3 is 19.5 Å². The lowest BCUT2D eigenvalue weighted by Gasteiger charge is -2.54. The van der Waals surface area contributed by atoms with Gasteiger partial charge in [-0.3, -0.25) is 0 Å². The Balaban J connectivity index is 1.42. The molecule has 3 saturated carbocycles. The Morgan fingerprint density at radius 2 is 1.80 bits per heavy atom. The number of anilines is 1. The number of ether oxygens (including phenoxy) is 2. The summed E-state index contributed by atoms with van der Waals surface area (Å²) in [6.45, 7) is 3.99. The molecule has 6 rings (SSSR count). The number of hydrogen-bond acceptors (Lipinski definition) is 4. The Labute approximate surface area is 211 Å². The van der Waals surface area contributed by atoms with Crippen LogP contribution in [-0.2, 0) is 9.47 Å². The van der Waals surface area contributed by atoms with E-state index in [0.29, 0.717) is 29.6 Å². The van der Waals surface area contributed by atoms with Crippen molar-refractivity contribution < 1.29 is 14.6 Å². The molecule has 1 saturated heterocycles. The van der Waals surface area contributed by atoms with Crippen LogP contribution in [0.15, 0.2) is 35.4 Å². The molecular weight excluding hydrogens is 434 g/mol. The fourth-order valence-electron chi connectivity index (χ4n) is 8.70. The van der Waals surface area contributed by atoms with Crippen LogP contribution in [0.4, 0.5) is 5.69 Å². The highest BCUT2D eigenvalue weighted by Gasteiger charge is 2.57. The number of rotatable bonds is 2. The maximum atomic E-state index is 9.41. The molecule has 1 aromatic carbocycles. The summed E-state index contributed by atoms with van der Waals surface area (Å²) >= 11 is 0. The van der Waals surface area contributed by atoms with Crippen molar-refractivity contribution in [1.82, 2.24) is 0 Å². The van der Waals surface area contributed by atoms with Crippen LogP contribution in [-0.4, -0.2) is 44.8 Å². The van der Waals surface area contributed by atoms with Crippen LogP contribution < -0.4 is 4.90 Å². The molecule has 1 aliphatic heterocycles. The first kappa shape index (κ1) is 23.6. The minimum Gasteiger partial charge on any atom is -0.384 e. The molecule has 0 bridgehead atoms.